The maximum Gasteiger partial charge on any atom is 0.180 e. The fraction of sp³-hybridized carbons (Fsp3) is 0.526. The van der Waals surface area contributed by atoms with Crippen LogP contribution in [-0.2, 0) is 17.6 Å². The lowest BCUT2D eigenvalue weighted by atomic mass is 10.1. The normalized spacial score (nSPS) is 25.9. The number of anilines is 1. The van der Waals surface area contributed by atoms with Gasteiger partial charge in [0.05, 0.1) is 18.8 Å². The number of rotatable bonds is 2. The van der Waals surface area contributed by atoms with Gasteiger partial charge in [-0.1, -0.05) is 6.07 Å². The molecule has 2 atom stereocenters. The number of hydrogen-bond donors (Lipinski definition) is 0. The van der Waals surface area contributed by atoms with Gasteiger partial charge in [0.15, 0.2) is 5.82 Å². The second-order valence-electron chi connectivity index (χ2n) is 7.23. The summed E-state index contributed by atoms with van der Waals surface area (Å²) in [5.74, 6) is 1.86. The summed E-state index contributed by atoms with van der Waals surface area (Å²) < 4.78 is 6.02. The molecular weight excluding hydrogens is 314 g/mol. The fourth-order valence-corrected chi connectivity index (χ4v) is 4.31. The van der Waals surface area contributed by atoms with E-state index in [1.165, 1.54) is 17.7 Å². The number of aromatic nitrogens is 3. The molecule has 1 aliphatic carbocycles. The maximum absolute atomic E-state index is 6.02. The van der Waals surface area contributed by atoms with Gasteiger partial charge >= 0.3 is 0 Å². The summed E-state index contributed by atoms with van der Waals surface area (Å²) in [6, 6.07) is 6.36. The van der Waals surface area contributed by atoms with Crippen molar-refractivity contribution >= 4 is 5.82 Å². The minimum atomic E-state index is 0.282. The Kier molecular flexibility index (Phi) is 3.68. The molecule has 2 saturated heterocycles. The molecule has 130 valence electrons. The van der Waals surface area contributed by atoms with Crippen LogP contribution < -0.4 is 4.90 Å². The Bertz CT molecular complexity index is 781. The molecule has 2 fully saturated rings. The van der Waals surface area contributed by atoms with E-state index in [0.717, 1.165) is 56.4 Å². The Hall–Kier alpha value is -2.05. The maximum atomic E-state index is 6.02. The van der Waals surface area contributed by atoms with Crippen LogP contribution in [0.1, 0.15) is 17.7 Å². The van der Waals surface area contributed by atoms with Gasteiger partial charge in [0.2, 0.25) is 0 Å². The quantitative estimate of drug-likeness (QED) is 0.829. The summed E-state index contributed by atoms with van der Waals surface area (Å²) in [4.78, 5) is 19.1. The monoisotopic (exact) mass is 337 g/mol. The molecule has 0 N–H and O–H groups in total. The molecule has 6 nitrogen and oxygen atoms in total. The number of likely N-dealkylation sites (N-methyl/N-ethyl adjacent to an activating group) is 1. The number of ether oxygens (including phenoxy) is 1. The van der Waals surface area contributed by atoms with Crippen molar-refractivity contribution in [3.63, 3.8) is 0 Å². The van der Waals surface area contributed by atoms with Crippen molar-refractivity contribution in [3.05, 3.63) is 35.7 Å². The van der Waals surface area contributed by atoms with Crippen LogP contribution >= 0.6 is 0 Å². The number of hydrogen-bond acceptors (Lipinski definition) is 6. The first-order chi connectivity index (χ1) is 12.3. The Morgan fingerprint density at radius 1 is 1.16 bits per heavy atom. The Morgan fingerprint density at radius 3 is 2.96 bits per heavy atom. The molecule has 5 rings (SSSR count). The zero-order chi connectivity index (χ0) is 16.8. The topological polar surface area (TPSA) is 54.4 Å². The third-order valence-electron chi connectivity index (χ3n) is 5.68. The van der Waals surface area contributed by atoms with Crippen LogP contribution in [0, 0.1) is 0 Å². The zero-order valence-corrected chi connectivity index (χ0v) is 14.6. The highest BCUT2D eigenvalue weighted by atomic mass is 16.5. The highest BCUT2D eigenvalue weighted by Gasteiger charge is 2.40. The third kappa shape index (κ3) is 2.60. The van der Waals surface area contributed by atoms with Crippen LogP contribution in [0.2, 0.25) is 0 Å². The number of pyridine rings is 1. The van der Waals surface area contributed by atoms with Gasteiger partial charge in [0.25, 0.3) is 0 Å². The second-order valence-corrected chi connectivity index (χ2v) is 7.23. The fourth-order valence-electron chi connectivity index (χ4n) is 4.31. The van der Waals surface area contributed by atoms with E-state index in [1.54, 1.807) is 6.20 Å². The first kappa shape index (κ1) is 15.2. The minimum absolute atomic E-state index is 0.282. The highest BCUT2D eigenvalue weighted by molar-refractivity contribution is 5.59. The molecule has 25 heavy (non-hydrogen) atoms. The summed E-state index contributed by atoms with van der Waals surface area (Å²) in [7, 11) is 2.20. The zero-order valence-electron chi connectivity index (χ0n) is 14.6. The first-order valence-electron chi connectivity index (χ1n) is 9.17. The molecule has 2 aromatic rings. The standard InChI is InChI=1S/C19H23N5O/c1-23-9-10-25-17-12-24(11-16(17)23)19-13-5-4-7-14(13)21-18(22-19)15-6-2-3-8-20-15/h2-3,6,8,16-17H,4-5,7,9-12H2,1H3. The van der Waals surface area contributed by atoms with E-state index in [9.17, 15) is 0 Å². The van der Waals surface area contributed by atoms with Gasteiger partial charge in [0, 0.05) is 37.1 Å². The molecule has 2 aliphatic heterocycles. The molecule has 4 heterocycles. The number of aryl methyl sites for hydroxylation is 1. The lowest BCUT2D eigenvalue weighted by molar-refractivity contribution is -0.0362. The first-order valence-corrected chi connectivity index (χ1v) is 9.17. The predicted molar refractivity (Wildman–Crippen MR) is 95.7 cm³/mol. The second kappa shape index (κ2) is 6.04. The molecule has 6 heteroatoms. The SMILES string of the molecule is CN1CCOC2CN(c3nc(-c4ccccn4)nc4c3CCC4)CC21. The highest BCUT2D eigenvalue weighted by Crippen LogP contribution is 2.34. The van der Waals surface area contributed by atoms with E-state index in [-0.39, 0.29) is 6.10 Å². The molecule has 0 spiro atoms. The average Bonchev–Trinajstić information content (AvgIpc) is 3.29. The predicted octanol–water partition coefficient (Wildman–Crippen LogP) is 1.55. The molecule has 2 unspecified atom stereocenters. The molecule has 0 bridgehead atoms. The van der Waals surface area contributed by atoms with E-state index in [4.69, 9.17) is 14.7 Å². The summed E-state index contributed by atoms with van der Waals surface area (Å²) in [6.45, 7) is 3.73. The lowest BCUT2D eigenvalue weighted by Gasteiger charge is -2.33. The van der Waals surface area contributed by atoms with Crippen LogP contribution in [0.4, 0.5) is 5.82 Å². The summed E-state index contributed by atoms with van der Waals surface area (Å²) >= 11 is 0. The van der Waals surface area contributed by atoms with Crippen LogP contribution in [0.5, 0.6) is 0 Å². The van der Waals surface area contributed by atoms with Gasteiger partial charge in [0.1, 0.15) is 11.5 Å². The van der Waals surface area contributed by atoms with Crippen molar-refractivity contribution in [2.45, 2.75) is 31.4 Å². The van der Waals surface area contributed by atoms with Crippen LogP contribution in [0.15, 0.2) is 24.4 Å². The van der Waals surface area contributed by atoms with Crippen molar-refractivity contribution in [2.75, 3.05) is 38.2 Å². The van der Waals surface area contributed by atoms with E-state index in [1.807, 2.05) is 18.2 Å². The van der Waals surface area contributed by atoms with Crippen LogP contribution in [0.25, 0.3) is 11.5 Å². The van der Waals surface area contributed by atoms with Crippen LogP contribution in [-0.4, -0.2) is 65.3 Å². The summed E-state index contributed by atoms with van der Waals surface area (Å²) in [6.07, 6.45) is 5.37. The molecule has 3 aliphatic rings. The van der Waals surface area contributed by atoms with Gasteiger partial charge in [-0.05, 0) is 38.4 Å². The largest absolute Gasteiger partial charge is 0.373 e. The Labute approximate surface area is 147 Å². The summed E-state index contributed by atoms with van der Waals surface area (Å²) in [5, 5.41) is 0. The van der Waals surface area contributed by atoms with Crippen molar-refractivity contribution < 1.29 is 4.74 Å². The van der Waals surface area contributed by atoms with Gasteiger partial charge in [-0.3, -0.25) is 9.88 Å². The summed E-state index contributed by atoms with van der Waals surface area (Å²) in [5.41, 5.74) is 3.39. The van der Waals surface area contributed by atoms with Gasteiger partial charge < -0.3 is 9.64 Å². The Balaban J connectivity index is 1.54. The van der Waals surface area contributed by atoms with E-state index < -0.39 is 0 Å². The van der Waals surface area contributed by atoms with Crippen molar-refractivity contribution in [2.24, 2.45) is 0 Å². The van der Waals surface area contributed by atoms with Gasteiger partial charge in [-0.15, -0.1) is 0 Å². The van der Waals surface area contributed by atoms with E-state index >= 15 is 0 Å². The molecule has 0 amide bonds. The minimum Gasteiger partial charge on any atom is -0.373 e. The van der Waals surface area contributed by atoms with Crippen molar-refractivity contribution in [1.29, 1.82) is 0 Å². The molecule has 0 radical (unpaired) electrons. The third-order valence-corrected chi connectivity index (χ3v) is 5.68. The molecule has 0 saturated carbocycles. The molecular formula is C19H23N5O. The Morgan fingerprint density at radius 2 is 2.12 bits per heavy atom. The smallest absolute Gasteiger partial charge is 0.180 e. The number of nitrogens with zero attached hydrogens (tertiary/aromatic N) is 5. The van der Waals surface area contributed by atoms with Gasteiger partial charge in [-0.2, -0.15) is 0 Å². The van der Waals surface area contributed by atoms with E-state index in [2.05, 4.69) is 21.8 Å². The molecule has 2 aromatic heterocycles. The number of fused-ring (bicyclic) bond motifs is 2. The van der Waals surface area contributed by atoms with Crippen molar-refractivity contribution in [1.82, 2.24) is 19.9 Å². The van der Waals surface area contributed by atoms with Crippen LogP contribution in [0.3, 0.4) is 0 Å². The lowest BCUT2D eigenvalue weighted by Crippen LogP contribution is -2.48. The van der Waals surface area contributed by atoms with E-state index in [0.29, 0.717) is 6.04 Å². The van der Waals surface area contributed by atoms with Gasteiger partial charge in [-0.25, -0.2) is 9.97 Å². The average molecular weight is 337 g/mol. The van der Waals surface area contributed by atoms with Crippen molar-refractivity contribution in [3.8, 4) is 11.5 Å². The number of morpholine rings is 1. The molecule has 0 aromatic carbocycles.